The van der Waals surface area contributed by atoms with E-state index in [0.29, 0.717) is 0 Å². The van der Waals surface area contributed by atoms with Gasteiger partial charge < -0.3 is 4.74 Å². The van der Waals surface area contributed by atoms with Crippen LogP contribution >= 0.6 is 0 Å². The molecule has 0 aliphatic heterocycles. The highest BCUT2D eigenvalue weighted by Gasteiger charge is 2.19. The van der Waals surface area contributed by atoms with Gasteiger partial charge in [-0.05, 0) is 12.1 Å². The van der Waals surface area contributed by atoms with E-state index in [-0.39, 0.29) is 12.2 Å². The molecule has 0 spiro atoms. The first-order valence-electron chi connectivity index (χ1n) is 4.17. The van der Waals surface area contributed by atoms with Crippen molar-refractivity contribution in [3.8, 4) is 5.75 Å². The number of ether oxygens (including phenoxy) is 1. The number of methoxy groups -OCH3 is 1. The van der Waals surface area contributed by atoms with Crippen molar-refractivity contribution in [2.45, 2.75) is 13.3 Å². The zero-order chi connectivity index (χ0) is 10.7. The monoisotopic (exact) mass is 200 g/mol. The predicted octanol–water partition coefficient (Wildman–Crippen LogP) is 2.57. The van der Waals surface area contributed by atoms with Crippen molar-refractivity contribution in [2.24, 2.45) is 0 Å². The van der Waals surface area contributed by atoms with Crippen molar-refractivity contribution in [1.29, 1.82) is 0 Å². The molecule has 0 radical (unpaired) electrons. The zero-order valence-corrected chi connectivity index (χ0v) is 7.93. The fourth-order valence-corrected chi connectivity index (χ4v) is 1.12. The molecule has 0 fully saturated rings. The van der Waals surface area contributed by atoms with Gasteiger partial charge in [0.05, 0.1) is 12.7 Å². The van der Waals surface area contributed by atoms with Crippen LogP contribution in [0.5, 0.6) is 5.75 Å². The van der Waals surface area contributed by atoms with Gasteiger partial charge in [-0.15, -0.1) is 0 Å². The summed E-state index contributed by atoms with van der Waals surface area (Å²) in [6.45, 7) is 1.54. The largest absolute Gasteiger partial charge is 0.494 e. The number of halogens is 2. The first-order chi connectivity index (χ1) is 6.61. The Bertz CT molecular complexity index is 361. The number of ketones is 1. The smallest absolute Gasteiger partial charge is 0.178 e. The number of rotatable bonds is 3. The molecule has 0 aliphatic carbocycles. The third kappa shape index (κ3) is 1.73. The van der Waals surface area contributed by atoms with Crippen LogP contribution in [0.3, 0.4) is 0 Å². The molecular formula is C10H10F2O2. The molecule has 0 unspecified atom stereocenters. The SMILES string of the molecule is CCC(=O)c1c(F)ccc(OC)c1F. The lowest BCUT2D eigenvalue weighted by Crippen LogP contribution is -2.06. The molecule has 1 rings (SSSR count). The Kier molecular flexibility index (Phi) is 3.17. The van der Waals surface area contributed by atoms with Crippen LogP contribution in [0.25, 0.3) is 0 Å². The Hall–Kier alpha value is -1.45. The molecule has 0 aliphatic rings. The van der Waals surface area contributed by atoms with E-state index in [1.54, 1.807) is 6.92 Å². The van der Waals surface area contributed by atoms with E-state index in [9.17, 15) is 13.6 Å². The molecule has 1 aromatic carbocycles. The van der Waals surface area contributed by atoms with Gasteiger partial charge in [-0.2, -0.15) is 0 Å². The van der Waals surface area contributed by atoms with Gasteiger partial charge >= 0.3 is 0 Å². The summed E-state index contributed by atoms with van der Waals surface area (Å²) in [5.41, 5.74) is -0.521. The van der Waals surface area contributed by atoms with Crippen LogP contribution in [0.1, 0.15) is 23.7 Å². The maximum Gasteiger partial charge on any atom is 0.178 e. The van der Waals surface area contributed by atoms with E-state index >= 15 is 0 Å². The number of benzene rings is 1. The zero-order valence-electron chi connectivity index (χ0n) is 7.93. The topological polar surface area (TPSA) is 26.3 Å². The van der Waals surface area contributed by atoms with E-state index in [2.05, 4.69) is 4.74 Å². The van der Waals surface area contributed by atoms with Gasteiger partial charge in [0, 0.05) is 6.42 Å². The maximum absolute atomic E-state index is 13.4. The Morgan fingerprint density at radius 1 is 1.43 bits per heavy atom. The highest BCUT2D eigenvalue weighted by Crippen LogP contribution is 2.23. The van der Waals surface area contributed by atoms with Gasteiger partial charge in [0.25, 0.3) is 0 Å². The minimum atomic E-state index is -0.931. The van der Waals surface area contributed by atoms with Gasteiger partial charge in [0.1, 0.15) is 5.82 Å². The van der Waals surface area contributed by atoms with E-state index in [0.717, 1.165) is 12.1 Å². The molecule has 76 valence electrons. The molecule has 0 atom stereocenters. The molecule has 1 aromatic rings. The highest BCUT2D eigenvalue weighted by molar-refractivity contribution is 5.96. The van der Waals surface area contributed by atoms with Crippen molar-refractivity contribution < 1.29 is 18.3 Å². The average Bonchev–Trinajstić information content (AvgIpc) is 2.18. The number of hydrogen-bond donors (Lipinski definition) is 0. The summed E-state index contributed by atoms with van der Waals surface area (Å²) < 4.78 is 31.1. The lowest BCUT2D eigenvalue weighted by molar-refractivity contribution is 0.0979. The predicted molar refractivity (Wildman–Crippen MR) is 47.5 cm³/mol. The molecule has 0 heterocycles. The third-order valence-electron chi connectivity index (χ3n) is 1.88. The van der Waals surface area contributed by atoms with E-state index < -0.39 is 23.0 Å². The fraction of sp³-hybridized carbons (Fsp3) is 0.300. The minimum Gasteiger partial charge on any atom is -0.494 e. The normalized spacial score (nSPS) is 10.0. The molecule has 0 N–H and O–H groups in total. The summed E-state index contributed by atoms with van der Waals surface area (Å²) in [4.78, 5) is 11.2. The number of hydrogen-bond acceptors (Lipinski definition) is 2. The molecule has 4 heteroatoms. The Labute approximate surface area is 80.5 Å². The Balaban J connectivity index is 3.32. The van der Waals surface area contributed by atoms with E-state index in [1.165, 1.54) is 7.11 Å². The second-order valence-corrected chi connectivity index (χ2v) is 2.72. The molecule has 0 amide bonds. The summed E-state index contributed by atoms with van der Waals surface area (Å²) >= 11 is 0. The van der Waals surface area contributed by atoms with Crippen LogP contribution < -0.4 is 4.74 Å². The second kappa shape index (κ2) is 4.17. The van der Waals surface area contributed by atoms with Crippen LogP contribution in [0.2, 0.25) is 0 Å². The van der Waals surface area contributed by atoms with Gasteiger partial charge in [-0.3, -0.25) is 4.79 Å². The van der Waals surface area contributed by atoms with Crippen LogP contribution in [-0.4, -0.2) is 12.9 Å². The standard InChI is InChI=1S/C10H10F2O2/c1-3-7(13)9-6(11)4-5-8(14-2)10(9)12/h4-5H,3H2,1-2H3. The number of carbonyl (C=O) groups is 1. The third-order valence-corrected chi connectivity index (χ3v) is 1.88. The molecule has 0 bridgehead atoms. The maximum atomic E-state index is 13.4. The van der Waals surface area contributed by atoms with Crippen molar-refractivity contribution in [3.05, 3.63) is 29.3 Å². The van der Waals surface area contributed by atoms with Gasteiger partial charge in [0.15, 0.2) is 17.3 Å². The molecule has 14 heavy (non-hydrogen) atoms. The van der Waals surface area contributed by atoms with Crippen LogP contribution in [0.4, 0.5) is 8.78 Å². The molecular weight excluding hydrogens is 190 g/mol. The van der Waals surface area contributed by atoms with Crippen LogP contribution in [0.15, 0.2) is 12.1 Å². The highest BCUT2D eigenvalue weighted by atomic mass is 19.1. The van der Waals surface area contributed by atoms with E-state index in [1.807, 2.05) is 0 Å². The summed E-state index contributed by atoms with van der Waals surface area (Å²) in [5, 5.41) is 0. The molecule has 0 saturated carbocycles. The lowest BCUT2D eigenvalue weighted by atomic mass is 10.1. The van der Waals surface area contributed by atoms with Gasteiger partial charge in [-0.25, -0.2) is 8.78 Å². The number of carbonyl (C=O) groups excluding carboxylic acids is 1. The molecule has 0 aromatic heterocycles. The van der Waals surface area contributed by atoms with Crippen molar-refractivity contribution >= 4 is 5.78 Å². The summed E-state index contributed by atoms with van der Waals surface area (Å²) in [6, 6.07) is 2.17. The lowest BCUT2D eigenvalue weighted by Gasteiger charge is -2.06. The molecule has 0 saturated heterocycles. The summed E-state index contributed by atoms with van der Waals surface area (Å²) in [7, 11) is 1.26. The Morgan fingerprint density at radius 2 is 2.07 bits per heavy atom. The van der Waals surface area contributed by atoms with Gasteiger partial charge in [0.2, 0.25) is 0 Å². The fourth-order valence-electron chi connectivity index (χ4n) is 1.12. The average molecular weight is 200 g/mol. The quantitative estimate of drug-likeness (QED) is 0.701. The van der Waals surface area contributed by atoms with Gasteiger partial charge in [-0.1, -0.05) is 6.92 Å². The first-order valence-corrected chi connectivity index (χ1v) is 4.17. The van der Waals surface area contributed by atoms with Crippen molar-refractivity contribution in [3.63, 3.8) is 0 Å². The number of Topliss-reactive ketones (excluding diaryl/α,β-unsaturated/α-hetero) is 1. The summed E-state index contributed by atoms with van der Waals surface area (Å²) in [6.07, 6.45) is 0.0566. The van der Waals surface area contributed by atoms with E-state index in [4.69, 9.17) is 0 Å². The molecule has 2 nitrogen and oxygen atoms in total. The minimum absolute atomic E-state index is 0.0566. The second-order valence-electron chi connectivity index (χ2n) is 2.72. The first kappa shape index (κ1) is 10.6. The van der Waals surface area contributed by atoms with Crippen molar-refractivity contribution in [1.82, 2.24) is 0 Å². The van der Waals surface area contributed by atoms with Crippen LogP contribution in [0, 0.1) is 11.6 Å². The van der Waals surface area contributed by atoms with Crippen LogP contribution in [-0.2, 0) is 0 Å². The Morgan fingerprint density at radius 3 is 2.57 bits per heavy atom. The summed E-state index contributed by atoms with van der Waals surface area (Å²) in [5.74, 6) is -2.48. The van der Waals surface area contributed by atoms with Crippen molar-refractivity contribution in [2.75, 3.05) is 7.11 Å².